The quantitative estimate of drug-likeness (QED) is 0.872. The lowest BCUT2D eigenvalue weighted by atomic mass is 10.2. The molecule has 1 aromatic heterocycles. The summed E-state index contributed by atoms with van der Waals surface area (Å²) in [6.07, 6.45) is -3.99. The van der Waals surface area contributed by atoms with Gasteiger partial charge in [-0.3, -0.25) is 4.79 Å². The maximum absolute atomic E-state index is 13.0. The number of nitrogens with zero attached hydrogens (tertiary/aromatic N) is 2. The predicted octanol–water partition coefficient (Wildman–Crippen LogP) is 1.07. The van der Waals surface area contributed by atoms with Crippen molar-refractivity contribution in [2.75, 3.05) is 13.1 Å². The van der Waals surface area contributed by atoms with Crippen molar-refractivity contribution < 1.29 is 18.0 Å². The molecular formula is C12H17F3N4O. The van der Waals surface area contributed by atoms with E-state index in [0.717, 1.165) is 4.57 Å². The molecule has 0 radical (unpaired) electrons. The van der Waals surface area contributed by atoms with Gasteiger partial charge in [-0.05, 0) is 6.92 Å². The lowest BCUT2D eigenvalue weighted by molar-refractivity contribution is -0.147. The Hall–Kier alpha value is -1.57. The van der Waals surface area contributed by atoms with E-state index in [1.807, 2.05) is 0 Å². The van der Waals surface area contributed by atoms with E-state index in [4.69, 9.17) is 0 Å². The van der Waals surface area contributed by atoms with E-state index in [-0.39, 0.29) is 18.9 Å². The number of hydrogen-bond donors (Lipinski definition) is 2. The standard InChI is InChI=1S/C12H17F3N4O/c1-2-17-10(20)4-6-19-9-3-5-16-7-8(9)18-11(19)12(13,14)15/h16H,2-7H2,1H3,(H,17,20). The number of carbonyl (C=O) groups is 1. The molecule has 0 saturated heterocycles. The van der Waals surface area contributed by atoms with Crippen LogP contribution in [0.25, 0.3) is 0 Å². The maximum atomic E-state index is 13.0. The fourth-order valence-corrected chi connectivity index (χ4v) is 2.33. The molecule has 0 aromatic carbocycles. The van der Waals surface area contributed by atoms with E-state index in [2.05, 4.69) is 15.6 Å². The zero-order chi connectivity index (χ0) is 14.8. The zero-order valence-electron chi connectivity index (χ0n) is 11.2. The van der Waals surface area contributed by atoms with Crippen LogP contribution in [0.3, 0.4) is 0 Å². The summed E-state index contributed by atoms with van der Waals surface area (Å²) < 4.78 is 40.2. The first-order valence-corrected chi connectivity index (χ1v) is 6.56. The molecular weight excluding hydrogens is 273 g/mol. The fraction of sp³-hybridized carbons (Fsp3) is 0.667. The van der Waals surface area contributed by atoms with E-state index < -0.39 is 12.0 Å². The lowest BCUT2D eigenvalue weighted by Gasteiger charge is -2.16. The highest BCUT2D eigenvalue weighted by Crippen LogP contribution is 2.31. The molecule has 2 N–H and O–H groups in total. The predicted molar refractivity (Wildman–Crippen MR) is 65.9 cm³/mol. The Morgan fingerprint density at radius 2 is 2.25 bits per heavy atom. The number of hydrogen-bond acceptors (Lipinski definition) is 3. The summed E-state index contributed by atoms with van der Waals surface area (Å²) in [6.45, 7) is 3.20. The number of imidazole rings is 1. The number of carbonyl (C=O) groups excluding carboxylic acids is 1. The van der Waals surface area contributed by atoms with Gasteiger partial charge in [-0.1, -0.05) is 0 Å². The highest BCUT2D eigenvalue weighted by molar-refractivity contribution is 5.75. The third-order valence-electron chi connectivity index (χ3n) is 3.18. The molecule has 8 heteroatoms. The first kappa shape index (κ1) is 14.8. The second kappa shape index (κ2) is 5.82. The highest BCUT2D eigenvalue weighted by atomic mass is 19.4. The van der Waals surface area contributed by atoms with Crippen molar-refractivity contribution in [3.8, 4) is 0 Å². The van der Waals surface area contributed by atoms with Crippen LogP contribution in [-0.2, 0) is 30.5 Å². The molecule has 1 aliphatic heterocycles. The summed E-state index contributed by atoms with van der Waals surface area (Å²) in [5.74, 6) is -1.16. The van der Waals surface area contributed by atoms with E-state index in [1.165, 1.54) is 0 Å². The number of amides is 1. The topological polar surface area (TPSA) is 59.0 Å². The molecule has 0 bridgehead atoms. The van der Waals surface area contributed by atoms with Crippen molar-refractivity contribution in [3.63, 3.8) is 0 Å². The monoisotopic (exact) mass is 290 g/mol. The van der Waals surface area contributed by atoms with Gasteiger partial charge in [0.15, 0.2) is 0 Å². The van der Waals surface area contributed by atoms with Gasteiger partial charge >= 0.3 is 6.18 Å². The fourth-order valence-electron chi connectivity index (χ4n) is 2.33. The molecule has 1 aromatic rings. The molecule has 0 spiro atoms. The van der Waals surface area contributed by atoms with Gasteiger partial charge in [0, 0.05) is 44.7 Å². The van der Waals surface area contributed by atoms with Crippen LogP contribution < -0.4 is 10.6 Å². The largest absolute Gasteiger partial charge is 0.449 e. The number of alkyl halides is 3. The summed E-state index contributed by atoms with van der Waals surface area (Å²) >= 11 is 0. The molecule has 112 valence electrons. The van der Waals surface area contributed by atoms with Gasteiger partial charge in [0.1, 0.15) is 0 Å². The van der Waals surface area contributed by atoms with Crippen LogP contribution in [0.4, 0.5) is 13.2 Å². The molecule has 0 aliphatic carbocycles. The Labute approximate surface area is 114 Å². The minimum atomic E-state index is -4.50. The second-order valence-electron chi connectivity index (χ2n) is 4.61. The number of aromatic nitrogens is 2. The SMILES string of the molecule is CCNC(=O)CCn1c(C(F)(F)F)nc2c1CCNC2. The number of nitrogens with one attached hydrogen (secondary N) is 2. The van der Waals surface area contributed by atoms with E-state index >= 15 is 0 Å². The third kappa shape index (κ3) is 3.12. The smallest absolute Gasteiger partial charge is 0.356 e. The molecule has 0 unspecified atom stereocenters. The molecule has 0 fully saturated rings. The first-order chi connectivity index (χ1) is 9.43. The third-order valence-corrected chi connectivity index (χ3v) is 3.18. The van der Waals surface area contributed by atoms with Crippen molar-refractivity contribution in [2.45, 2.75) is 39.0 Å². The molecule has 5 nitrogen and oxygen atoms in total. The van der Waals surface area contributed by atoms with Gasteiger partial charge in [-0.15, -0.1) is 0 Å². The minimum absolute atomic E-state index is 0.00299. The summed E-state index contributed by atoms with van der Waals surface area (Å²) in [5.41, 5.74) is 1.01. The maximum Gasteiger partial charge on any atom is 0.449 e. The average Bonchev–Trinajstić information content (AvgIpc) is 2.75. The van der Waals surface area contributed by atoms with Gasteiger partial charge < -0.3 is 15.2 Å². The van der Waals surface area contributed by atoms with Crippen molar-refractivity contribution in [1.29, 1.82) is 0 Å². The van der Waals surface area contributed by atoms with Crippen LogP contribution in [0.5, 0.6) is 0 Å². The van der Waals surface area contributed by atoms with Crippen molar-refractivity contribution in [1.82, 2.24) is 20.2 Å². The van der Waals surface area contributed by atoms with Crippen molar-refractivity contribution in [2.24, 2.45) is 0 Å². The average molecular weight is 290 g/mol. The van der Waals surface area contributed by atoms with Gasteiger partial charge in [0.2, 0.25) is 11.7 Å². The molecule has 0 saturated carbocycles. The van der Waals surface area contributed by atoms with E-state index in [0.29, 0.717) is 37.4 Å². The molecule has 20 heavy (non-hydrogen) atoms. The van der Waals surface area contributed by atoms with Crippen LogP contribution in [0.1, 0.15) is 30.6 Å². The number of rotatable bonds is 4. The molecule has 1 amide bonds. The minimum Gasteiger partial charge on any atom is -0.356 e. The summed E-state index contributed by atoms with van der Waals surface area (Å²) in [4.78, 5) is 15.1. The molecule has 1 aliphatic rings. The van der Waals surface area contributed by atoms with Crippen molar-refractivity contribution >= 4 is 5.91 Å². The first-order valence-electron chi connectivity index (χ1n) is 6.56. The molecule has 2 rings (SSSR count). The van der Waals surface area contributed by atoms with Crippen LogP contribution in [0, 0.1) is 0 Å². The van der Waals surface area contributed by atoms with Crippen molar-refractivity contribution in [3.05, 3.63) is 17.2 Å². The Bertz CT molecular complexity index is 496. The van der Waals surface area contributed by atoms with Crippen LogP contribution in [0.15, 0.2) is 0 Å². The Morgan fingerprint density at radius 3 is 2.90 bits per heavy atom. The summed E-state index contributed by atoms with van der Waals surface area (Å²) in [7, 11) is 0. The second-order valence-corrected chi connectivity index (χ2v) is 4.61. The van der Waals surface area contributed by atoms with E-state index in [9.17, 15) is 18.0 Å². The van der Waals surface area contributed by atoms with Crippen LogP contribution >= 0.6 is 0 Å². The normalized spacial score (nSPS) is 15.0. The highest BCUT2D eigenvalue weighted by Gasteiger charge is 2.39. The Balaban J connectivity index is 2.24. The van der Waals surface area contributed by atoms with Gasteiger partial charge in [-0.25, -0.2) is 4.98 Å². The zero-order valence-corrected chi connectivity index (χ0v) is 11.2. The Morgan fingerprint density at radius 1 is 1.50 bits per heavy atom. The number of halogens is 3. The van der Waals surface area contributed by atoms with Gasteiger partial charge in [-0.2, -0.15) is 13.2 Å². The Kier molecular flexibility index (Phi) is 4.32. The molecule has 2 heterocycles. The van der Waals surface area contributed by atoms with Gasteiger partial charge in [0.25, 0.3) is 0 Å². The van der Waals surface area contributed by atoms with Gasteiger partial charge in [0.05, 0.1) is 5.69 Å². The summed E-state index contributed by atoms with van der Waals surface area (Å²) in [6, 6.07) is 0. The van der Waals surface area contributed by atoms with Crippen LogP contribution in [-0.4, -0.2) is 28.5 Å². The summed E-state index contributed by atoms with van der Waals surface area (Å²) in [5, 5.41) is 5.58. The lowest BCUT2D eigenvalue weighted by Crippen LogP contribution is -2.27. The number of fused-ring (bicyclic) bond motifs is 1. The van der Waals surface area contributed by atoms with E-state index in [1.54, 1.807) is 6.92 Å². The molecule has 0 atom stereocenters. The van der Waals surface area contributed by atoms with Crippen LogP contribution in [0.2, 0.25) is 0 Å².